The lowest BCUT2D eigenvalue weighted by Gasteiger charge is -2.25. The molecule has 1 aromatic rings. The lowest BCUT2D eigenvalue weighted by molar-refractivity contribution is 0.348. The number of hydrogen-bond donors (Lipinski definition) is 0. The van der Waals surface area contributed by atoms with Crippen LogP contribution in [-0.4, -0.2) is 25.3 Å². The fraction of sp³-hybridized carbons (Fsp3) is 0.538. The van der Waals surface area contributed by atoms with E-state index in [0.717, 1.165) is 12.8 Å². The first-order valence-corrected chi connectivity index (χ1v) is 7.51. The Labute approximate surface area is 105 Å². The highest BCUT2D eigenvalue weighted by Crippen LogP contribution is 2.18. The van der Waals surface area contributed by atoms with Gasteiger partial charge < -0.3 is 0 Å². The zero-order valence-electron chi connectivity index (χ0n) is 10.8. The number of sulfonamides is 1. The van der Waals surface area contributed by atoms with Crippen molar-refractivity contribution in [2.75, 3.05) is 6.54 Å². The summed E-state index contributed by atoms with van der Waals surface area (Å²) in [7, 11) is -3.34. The van der Waals surface area contributed by atoms with Crippen LogP contribution in [0.1, 0.15) is 33.6 Å². The molecule has 3 nitrogen and oxygen atoms in total. The summed E-state index contributed by atoms with van der Waals surface area (Å²) in [6.45, 7) is 6.48. The van der Waals surface area contributed by atoms with Gasteiger partial charge in [-0.2, -0.15) is 4.31 Å². The van der Waals surface area contributed by atoms with Crippen LogP contribution in [0.4, 0.5) is 0 Å². The highest BCUT2D eigenvalue weighted by atomic mass is 32.2. The van der Waals surface area contributed by atoms with Gasteiger partial charge in [0.1, 0.15) is 0 Å². The molecule has 0 heterocycles. The number of unbranched alkanes of at least 4 members (excludes halogenated alkanes) is 1. The molecule has 1 aromatic carbocycles. The molecular formula is C13H21NO2S. The Balaban J connectivity index is 3.01. The molecule has 0 unspecified atom stereocenters. The van der Waals surface area contributed by atoms with Gasteiger partial charge in [0.2, 0.25) is 10.0 Å². The van der Waals surface area contributed by atoms with Gasteiger partial charge in [-0.05, 0) is 32.4 Å². The van der Waals surface area contributed by atoms with Gasteiger partial charge in [-0.25, -0.2) is 8.42 Å². The normalized spacial score (nSPS) is 12.3. The van der Waals surface area contributed by atoms with Crippen molar-refractivity contribution in [1.82, 2.24) is 4.31 Å². The van der Waals surface area contributed by atoms with Crippen molar-refractivity contribution in [3.63, 3.8) is 0 Å². The molecule has 0 aromatic heterocycles. The standard InChI is InChI=1S/C13H21NO2S/c1-4-5-11-14(12(2)3)17(15,16)13-9-7-6-8-10-13/h6-10,12H,4-5,11H2,1-3H3. The van der Waals surface area contributed by atoms with Gasteiger partial charge >= 0.3 is 0 Å². The molecule has 0 spiro atoms. The topological polar surface area (TPSA) is 37.4 Å². The summed E-state index contributed by atoms with van der Waals surface area (Å²) in [5, 5.41) is 0. The summed E-state index contributed by atoms with van der Waals surface area (Å²) in [5.41, 5.74) is 0. The van der Waals surface area contributed by atoms with Crippen molar-refractivity contribution in [3.8, 4) is 0 Å². The van der Waals surface area contributed by atoms with Crippen molar-refractivity contribution in [1.29, 1.82) is 0 Å². The van der Waals surface area contributed by atoms with Gasteiger partial charge in [-0.3, -0.25) is 0 Å². The number of benzene rings is 1. The van der Waals surface area contributed by atoms with E-state index >= 15 is 0 Å². The van der Waals surface area contributed by atoms with E-state index in [4.69, 9.17) is 0 Å². The molecule has 0 aliphatic carbocycles. The third kappa shape index (κ3) is 3.54. The van der Waals surface area contributed by atoms with Crippen LogP contribution in [0.15, 0.2) is 35.2 Å². The van der Waals surface area contributed by atoms with Crippen molar-refractivity contribution in [2.45, 2.75) is 44.6 Å². The maximum Gasteiger partial charge on any atom is 0.243 e. The van der Waals surface area contributed by atoms with Crippen LogP contribution in [0.2, 0.25) is 0 Å². The van der Waals surface area contributed by atoms with Gasteiger partial charge in [-0.1, -0.05) is 31.5 Å². The summed E-state index contributed by atoms with van der Waals surface area (Å²) < 4.78 is 26.4. The Morgan fingerprint density at radius 1 is 1.18 bits per heavy atom. The zero-order chi connectivity index (χ0) is 12.9. The molecular weight excluding hydrogens is 234 g/mol. The fourth-order valence-corrected chi connectivity index (χ4v) is 3.39. The highest BCUT2D eigenvalue weighted by molar-refractivity contribution is 7.89. The molecule has 0 amide bonds. The van der Waals surface area contributed by atoms with Gasteiger partial charge in [0.15, 0.2) is 0 Å². The van der Waals surface area contributed by atoms with Crippen LogP contribution in [0, 0.1) is 0 Å². The molecule has 1 rings (SSSR count). The summed E-state index contributed by atoms with van der Waals surface area (Å²) in [6.07, 6.45) is 1.89. The summed E-state index contributed by atoms with van der Waals surface area (Å²) >= 11 is 0. The Kier molecular flexibility index (Phi) is 5.15. The van der Waals surface area contributed by atoms with Crippen molar-refractivity contribution >= 4 is 10.0 Å². The van der Waals surface area contributed by atoms with Crippen LogP contribution in [0.3, 0.4) is 0 Å². The van der Waals surface area contributed by atoms with Gasteiger partial charge in [-0.15, -0.1) is 0 Å². The summed E-state index contributed by atoms with van der Waals surface area (Å²) in [5.74, 6) is 0. The average Bonchev–Trinajstić information content (AvgIpc) is 2.30. The summed E-state index contributed by atoms with van der Waals surface area (Å²) in [4.78, 5) is 0.379. The second-order valence-electron chi connectivity index (χ2n) is 4.38. The Bertz CT molecular complexity index is 426. The predicted molar refractivity (Wildman–Crippen MR) is 70.4 cm³/mol. The van der Waals surface area contributed by atoms with Crippen LogP contribution < -0.4 is 0 Å². The lowest BCUT2D eigenvalue weighted by atomic mass is 10.3. The summed E-state index contributed by atoms with van der Waals surface area (Å²) in [6, 6.07) is 8.63. The van der Waals surface area contributed by atoms with E-state index in [0.29, 0.717) is 11.4 Å². The second kappa shape index (κ2) is 6.17. The average molecular weight is 255 g/mol. The second-order valence-corrected chi connectivity index (χ2v) is 6.27. The van der Waals surface area contributed by atoms with E-state index in [1.807, 2.05) is 19.9 Å². The molecule has 0 saturated carbocycles. The SMILES string of the molecule is CCCCN(C(C)C)S(=O)(=O)c1ccccc1. The minimum absolute atomic E-state index is 0.00763. The molecule has 0 aliphatic rings. The highest BCUT2D eigenvalue weighted by Gasteiger charge is 2.25. The number of rotatable bonds is 6. The van der Waals surface area contributed by atoms with Crippen LogP contribution in [0.25, 0.3) is 0 Å². The fourth-order valence-electron chi connectivity index (χ4n) is 1.70. The Morgan fingerprint density at radius 2 is 1.76 bits per heavy atom. The molecule has 17 heavy (non-hydrogen) atoms. The first kappa shape index (κ1) is 14.2. The van der Waals surface area contributed by atoms with Crippen LogP contribution in [-0.2, 0) is 10.0 Å². The number of nitrogens with zero attached hydrogens (tertiary/aromatic N) is 1. The van der Waals surface area contributed by atoms with Crippen molar-refractivity contribution < 1.29 is 8.42 Å². The predicted octanol–water partition coefficient (Wildman–Crippen LogP) is 2.89. The monoisotopic (exact) mass is 255 g/mol. The maximum atomic E-state index is 12.4. The van der Waals surface area contributed by atoms with Crippen LogP contribution in [0.5, 0.6) is 0 Å². The minimum atomic E-state index is -3.34. The molecule has 0 N–H and O–H groups in total. The quantitative estimate of drug-likeness (QED) is 0.784. The smallest absolute Gasteiger partial charge is 0.207 e. The van der Waals surface area contributed by atoms with E-state index in [9.17, 15) is 8.42 Å². The largest absolute Gasteiger partial charge is 0.243 e. The maximum absolute atomic E-state index is 12.4. The Hall–Kier alpha value is -0.870. The molecule has 0 fully saturated rings. The molecule has 0 atom stereocenters. The molecule has 96 valence electrons. The van der Waals surface area contributed by atoms with E-state index in [1.165, 1.54) is 0 Å². The van der Waals surface area contributed by atoms with E-state index in [2.05, 4.69) is 6.92 Å². The van der Waals surface area contributed by atoms with E-state index < -0.39 is 10.0 Å². The third-order valence-corrected chi connectivity index (χ3v) is 4.75. The first-order chi connectivity index (χ1) is 8.00. The zero-order valence-corrected chi connectivity index (χ0v) is 11.6. The van der Waals surface area contributed by atoms with Gasteiger partial charge in [0.25, 0.3) is 0 Å². The molecule has 0 radical (unpaired) electrons. The first-order valence-electron chi connectivity index (χ1n) is 6.07. The van der Waals surface area contributed by atoms with Gasteiger partial charge in [0.05, 0.1) is 4.90 Å². The third-order valence-electron chi connectivity index (χ3n) is 2.66. The Morgan fingerprint density at radius 3 is 2.24 bits per heavy atom. The number of hydrogen-bond acceptors (Lipinski definition) is 2. The molecule has 0 aliphatic heterocycles. The van der Waals surface area contributed by atoms with E-state index in [-0.39, 0.29) is 6.04 Å². The molecule has 0 bridgehead atoms. The van der Waals surface area contributed by atoms with Gasteiger partial charge in [0, 0.05) is 12.6 Å². The lowest BCUT2D eigenvalue weighted by Crippen LogP contribution is -2.37. The van der Waals surface area contributed by atoms with Crippen molar-refractivity contribution in [3.05, 3.63) is 30.3 Å². The van der Waals surface area contributed by atoms with E-state index in [1.54, 1.807) is 28.6 Å². The minimum Gasteiger partial charge on any atom is -0.207 e. The van der Waals surface area contributed by atoms with Crippen LogP contribution >= 0.6 is 0 Å². The molecule has 4 heteroatoms. The van der Waals surface area contributed by atoms with Crippen molar-refractivity contribution in [2.24, 2.45) is 0 Å². The molecule has 0 saturated heterocycles.